The van der Waals surface area contributed by atoms with Gasteiger partial charge in [0.15, 0.2) is 0 Å². The summed E-state index contributed by atoms with van der Waals surface area (Å²) in [6.45, 7) is 12.3. The van der Waals surface area contributed by atoms with Gasteiger partial charge in [0.1, 0.15) is 6.04 Å². The van der Waals surface area contributed by atoms with Crippen LogP contribution in [-0.4, -0.2) is 42.9 Å². The fourth-order valence-electron chi connectivity index (χ4n) is 5.00. The van der Waals surface area contributed by atoms with Crippen LogP contribution in [0.2, 0.25) is 0 Å². The Kier molecular flexibility index (Phi) is 7.32. The number of benzene rings is 1. The first-order valence-electron chi connectivity index (χ1n) is 12.6. The molecule has 1 aliphatic heterocycles. The lowest BCUT2D eigenvalue weighted by molar-refractivity contribution is -0.170. The first-order valence-corrected chi connectivity index (χ1v) is 12.6. The molecule has 0 bridgehead atoms. The summed E-state index contributed by atoms with van der Waals surface area (Å²) in [5.41, 5.74) is 3.43. The third kappa shape index (κ3) is 6.33. The van der Waals surface area contributed by atoms with Gasteiger partial charge in [0, 0.05) is 23.5 Å². The van der Waals surface area contributed by atoms with Crippen molar-refractivity contribution in [2.75, 3.05) is 5.32 Å². The Labute approximate surface area is 218 Å². The lowest BCUT2D eigenvalue weighted by atomic mass is 9.85. The van der Waals surface area contributed by atoms with E-state index in [1.165, 1.54) is 0 Å². The Morgan fingerprint density at radius 1 is 1.19 bits per heavy atom. The quantitative estimate of drug-likeness (QED) is 0.449. The van der Waals surface area contributed by atoms with Gasteiger partial charge in [0.05, 0.1) is 40.9 Å². The van der Waals surface area contributed by atoms with E-state index in [9.17, 15) is 4.79 Å². The summed E-state index contributed by atoms with van der Waals surface area (Å²) < 4.78 is 8.22. The van der Waals surface area contributed by atoms with E-state index in [-0.39, 0.29) is 23.2 Å². The van der Waals surface area contributed by atoms with E-state index in [0.29, 0.717) is 17.9 Å². The van der Waals surface area contributed by atoms with Crippen molar-refractivity contribution in [1.29, 1.82) is 5.26 Å². The molecule has 2 N–H and O–H groups in total. The normalized spacial score (nSPS) is 17.5. The van der Waals surface area contributed by atoms with Gasteiger partial charge in [-0.25, -0.2) is 9.97 Å². The molecule has 1 saturated heterocycles. The number of nitrogens with zero attached hydrogens (tertiary/aromatic N) is 5. The zero-order valence-corrected chi connectivity index (χ0v) is 22.4. The second kappa shape index (κ2) is 10.3. The summed E-state index contributed by atoms with van der Waals surface area (Å²) in [4.78, 5) is 21.6. The van der Waals surface area contributed by atoms with Crippen molar-refractivity contribution in [2.45, 2.75) is 84.1 Å². The van der Waals surface area contributed by atoms with Crippen LogP contribution in [0, 0.1) is 18.3 Å². The second-order valence-electron chi connectivity index (χ2n) is 10.9. The summed E-state index contributed by atoms with van der Waals surface area (Å²) in [5.74, 6) is 0.199. The average molecular weight is 502 g/mol. The molecule has 1 aromatic carbocycles. The lowest BCUT2D eigenvalue weighted by Crippen LogP contribution is -2.45. The molecule has 9 heteroatoms. The summed E-state index contributed by atoms with van der Waals surface area (Å²) in [6, 6.07) is 9.01. The summed E-state index contributed by atoms with van der Waals surface area (Å²) in [5, 5.41) is 19.7. The van der Waals surface area contributed by atoms with Gasteiger partial charge in [-0.1, -0.05) is 19.1 Å². The molecule has 37 heavy (non-hydrogen) atoms. The fraction of sp³-hybridized carbons (Fsp3) is 0.464. The number of carbonyl (C=O) groups excluding carboxylic acids is 1. The summed E-state index contributed by atoms with van der Waals surface area (Å²) in [6.07, 6.45) is 7.87. The second-order valence-corrected chi connectivity index (χ2v) is 10.9. The van der Waals surface area contributed by atoms with Gasteiger partial charge in [-0.15, -0.1) is 0 Å². The van der Waals surface area contributed by atoms with Gasteiger partial charge in [0.2, 0.25) is 5.95 Å². The van der Waals surface area contributed by atoms with Crippen LogP contribution in [0.5, 0.6) is 0 Å². The number of ether oxygens (including phenoxy) is 1. The molecule has 0 unspecified atom stereocenters. The maximum atomic E-state index is 12.4. The number of rotatable bonds is 7. The number of hydrogen-bond donors (Lipinski definition) is 2. The van der Waals surface area contributed by atoms with Crippen LogP contribution in [0.15, 0.2) is 42.9 Å². The van der Waals surface area contributed by atoms with E-state index in [2.05, 4.69) is 54.5 Å². The van der Waals surface area contributed by atoms with Gasteiger partial charge in [-0.2, -0.15) is 10.4 Å². The molecule has 0 radical (unpaired) electrons. The monoisotopic (exact) mass is 501 g/mol. The maximum Gasteiger partial charge on any atom is 0.252 e. The minimum atomic E-state index is -0.501. The minimum absolute atomic E-state index is 0.218. The van der Waals surface area contributed by atoms with E-state index in [1.54, 1.807) is 24.5 Å². The highest BCUT2D eigenvalue weighted by Gasteiger charge is 2.40. The summed E-state index contributed by atoms with van der Waals surface area (Å²) >= 11 is 0. The first kappa shape index (κ1) is 26.3. The molecule has 0 spiro atoms. The van der Waals surface area contributed by atoms with Crippen LogP contribution >= 0.6 is 0 Å². The van der Waals surface area contributed by atoms with Crippen LogP contribution in [0.25, 0.3) is 11.3 Å². The molecule has 1 atom stereocenters. The Balaban J connectivity index is 1.49. The van der Waals surface area contributed by atoms with Gasteiger partial charge in [-0.3, -0.25) is 9.48 Å². The van der Waals surface area contributed by atoms with Gasteiger partial charge >= 0.3 is 0 Å². The molecule has 1 aliphatic rings. The molecule has 4 rings (SSSR count). The number of amides is 1. The topological polar surface area (TPSA) is 118 Å². The van der Waals surface area contributed by atoms with Crippen molar-refractivity contribution in [1.82, 2.24) is 25.1 Å². The van der Waals surface area contributed by atoms with Crippen LogP contribution in [0.3, 0.4) is 0 Å². The van der Waals surface area contributed by atoms with E-state index < -0.39 is 6.04 Å². The van der Waals surface area contributed by atoms with Crippen molar-refractivity contribution in [3.63, 3.8) is 0 Å². The Hall–Kier alpha value is -3.77. The Bertz CT molecular complexity index is 1290. The predicted octanol–water partition coefficient (Wildman–Crippen LogP) is 5.33. The van der Waals surface area contributed by atoms with E-state index in [4.69, 9.17) is 15.0 Å². The zero-order valence-electron chi connectivity index (χ0n) is 22.4. The number of aromatic nitrogens is 4. The largest absolute Gasteiger partial charge is 0.370 e. The molecular weight excluding hydrogens is 466 g/mol. The molecule has 194 valence electrons. The highest BCUT2D eigenvalue weighted by atomic mass is 16.5. The highest BCUT2D eigenvalue weighted by molar-refractivity contribution is 5.95. The van der Waals surface area contributed by atoms with Crippen LogP contribution in [0.4, 0.5) is 11.6 Å². The van der Waals surface area contributed by atoms with Gasteiger partial charge in [-0.05, 0) is 71.6 Å². The molecule has 1 fully saturated rings. The minimum Gasteiger partial charge on any atom is -0.370 e. The van der Waals surface area contributed by atoms with Crippen LogP contribution in [-0.2, 0) is 4.74 Å². The number of nitrogens with one attached hydrogen (secondary N) is 2. The fourth-order valence-corrected chi connectivity index (χ4v) is 5.00. The third-order valence-electron chi connectivity index (χ3n) is 6.50. The molecule has 3 heterocycles. The number of hydrogen-bond acceptors (Lipinski definition) is 7. The van der Waals surface area contributed by atoms with E-state index >= 15 is 0 Å². The van der Waals surface area contributed by atoms with Crippen LogP contribution in [0.1, 0.15) is 75.8 Å². The maximum absolute atomic E-state index is 12.4. The number of carbonyl (C=O) groups is 1. The SMILES string of the molecule is CC[C@H](C#N)NC(=O)c1ccc(-c2nc(Nc3cnn(C4CC(C)(C)OC(C)(C)C4)c3)ncc2C)cc1. The first-order chi connectivity index (χ1) is 17.5. The Morgan fingerprint density at radius 3 is 2.49 bits per heavy atom. The van der Waals surface area contributed by atoms with Crippen molar-refractivity contribution in [2.24, 2.45) is 0 Å². The van der Waals surface area contributed by atoms with Crippen molar-refractivity contribution >= 4 is 17.5 Å². The molecule has 0 aliphatic carbocycles. The number of nitriles is 1. The van der Waals surface area contributed by atoms with Crippen LogP contribution < -0.4 is 10.6 Å². The molecule has 0 saturated carbocycles. The summed E-state index contributed by atoms with van der Waals surface area (Å²) in [7, 11) is 0. The predicted molar refractivity (Wildman–Crippen MR) is 142 cm³/mol. The smallest absolute Gasteiger partial charge is 0.252 e. The van der Waals surface area contributed by atoms with E-state index in [1.807, 2.05) is 36.9 Å². The number of anilines is 2. The molecule has 1 amide bonds. The van der Waals surface area contributed by atoms with Gasteiger partial charge < -0.3 is 15.4 Å². The standard InChI is InChI=1S/C28H35N7O2/c1-7-21(14-29)32-25(36)20-10-8-19(9-11-20)24-18(2)15-30-26(34-24)33-22-16-31-35(17-22)23-12-27(3,4)37-28(5,6)13-23/h8-11,15-17,21,23H,7,12-13H2,1-6H3,(H,32,36)(H,30,33,34)/t21-/m1/s1. The average Bonchev–Trinajstić information content (AvgIpc) is 3.30. The van der Waals surface area contributed by atoms with E-state index in [0.717, 1.165) is 35.3 Å². The Morgan fingerprint density at radius 2 is 1.86 bits per heavy atom. The lowest BCUT2D eigenvalue weighted by Gasteiger charge is -2.45. The number of aryl methyl sites for hydroxylation is 1. The third-order valence-corrected chi connectivity index (χ3v) is 6.50. The van der Waals surface area contributed by atoms with Gasteiger partial charge in [0.25, 0.3) is 5.91 Å². The molecule has 2 aromatic heterocycles. The van der Waals surface area contributed by atoms with Crippen molar-refractivity contribution < 1.29 is 9.53 Å². The molecule has 9 nitrogen and oxygen atoms in total. The zero-order chi connectivity index (χ0) is 26.8. The van der Waals surface area contributed by atoms with Crippen molar-refractivity contribution in [3.8, 4) is 17.3 Å². The molecular formula is C28H35N7O2. The molecule has 3 aromatic rings. The van der Waals surface area contributed by atoms with Crippen molar-refractivity contribution in [3.05, 3.63) is 54.0 Å². The highest BCUT2D eigenvalue weighted by Crippen LogP contribution is 2.40.